The molecule has 0 bridgehead atoms. The van der Waals surface area contributed by atoms with E-state index in [-0.39, 0.29) is 5.96 Å². The van der Waals surface area contributed by atoms with E-state index in [1.807, 2.05) is 31.2 Å². The lowest BCUT2D eigenvalue weighted by molar-refractivity contribution is -0.742. The van der Waals surface area contributed by atoms with Crippen molar-refractivity contribution in [1.29, 1.82) is 0 Å². The Balaban J connectivity index is 0.000000711. The van der Waals surface area contributed by atoms with Gasteiger partial charge < -0.3 is 21.4 Å². The molecule has 0 atom stereocenters. The lowest BCUT2D eigenvalue weighted by atomic mass is 10.1. The van der Waals surface area contributed by atoms with Gasteiger partial charge in [0.15, 0.2) is 0 Å². The third kappa shape index (κ3) is 7.96. The number of methoxy groups -OCH3 is 1. The van der Waals surface area contributed by atoms with Crippen molar-refractivity contribution < 1.29 is 15.0 Å². The largest absolute Gasteiger partial charge is 0.497 e. The Morgan fingerprint density at radius 1 is 1.32 bits per heavy atom. The summed E-state index contributed by atoms with van der Waals surface area (Å²) < 4.78 is 5.04. The molecule has 1 rings (SSSR count). The van der Waals surface area contributed by atoms with Gasteiger partial charge in [-0.3, -0.25) is 0 Å². The van der Waals surface area contributed by atoms with Gasteiger partial charge in [0, 0.05) is 0 Å². The summed E-state index contributed by atoms with van der Waals surface area (Å²) in [6.07, 6.45) is 0. The number of hydrogen-bond donors (Lipinski definition) is 3. The van der Waals surface area contributed by atoms with Crippen LogP contribution in [0.25, 0.3) is 0 Å². The lowest BCUT2D eigenvalue weighted by Gasteiger charge is -2.01. The van der Waals surface area contributed by atoms with Crippen LogP contribution >= 0.6 is 0 Å². The van der Waals surface area contributed by atoms with Crippen molar-refractivity contribution in [2.45, 2.75) is 6.92 Å². The monoisotopic (exact) mass is 269 g/mol. The zero-order valence-corrected chi connectivity index (χ0v) is 10.5. The predicted octanol–water partition coefficient (Wildman–Crippen LogP) is 0.345. The van der Waals surface area contributed by atoms with E-state index in [4.69, 9.17) is 31.5 Å². The molecule has 0 unspecified atom stereocenters. The Morgan fingerprint density at radius 2 is 1.79 bits per heavy atom. The van der Waals surface area contributed by atoms with Crippen LogP contribution in [0.4, 0.5) is 0 Å². The van der Waals surface area contributed by atoms with E-state index in [0.717, 1.165) is 17.0 Å². The quantitative estimate of drug-likeness (QED) is 0.312. The minimum atomic E-state index is -1.50. The molecule has 0 aromatic heterocycles. The second kappa shape index (κ2) is 8.28. The third-order valence-corrected chi connectivity index (χ3v) is 1.82. The molecule has 0 saturated carbocycles. The van der Waals surface area contributed by atoms with Crippen molar-refractivity contribution in [3.8, 4) is 5.75 Å². The number of guanidine groups is 1. The van der Waals surface area contributed by atoms with Crippen molar-refractivity contribution in [1.82, 2.24) is 0 Å². The molecule has 0 saturated heterocycles. The van der Waals surface area contributed by atoms with Gasteiger partial charge in [-0.2, -0.15) is 5.10 Å². The van der Waals surface area contributed by atoms with E-state index in [1.165, 1.54) is 0 Å². The van der Waals surface area contributed by atoms with Gasteiger partial charge in [-0.05, 0) is 36.8 Å². The second-order valence-electron chi connectivity index (χ2n) is 3.18. The number of nitrogens with zero attached hydrogens (tertiary/aromatic N) is 3. The highest BCUT2D eigenvalue weighted by molar-refractivity contribution is 5.99. The zero-order chi connectivity index (χ0) is 14.8. The summed E-state index contributed by atoms with van der Waals surface area (Å²) in [7, 11) is 1.62. The van der Waals surface area contributed by atoms with E-state index in [9.17, 15) is 0 Å². The van der Waals surface area contributed by atoms with E-state index in [1.54, 1.807) is 7.11 Å². The summed E-state index contributed by atoms with van der Waals surface area (Å²) in [6.45, 7) is 1.83. The van der Waals surface area contributed by atoms with Gasteiger partial charge in [0.1, 0.15) is 5.75 Å². The van der Waals surface area contributed by atoms with Crippen LogP contribution in [-0.2, 0) is 0 Å². The fourth-order valence-corrected chi connectivity index (χ4v) is 1.02. The summed E-state index contributed by atoms with van der Waals surface area (Å²) >= 11 is 0. The Hall–Kier alpha value is -2.84. The molecule has 19 heavy (non-hydrogen) atoms. The standard InChI is InChI=1S/C10H14N4O.HNO3/c1-7(13-14-10(11)12)8-3-5-9(15-2)6-4-8;2-1(3)4/h3-6H,1-2H3,(H4,11,12,14);(H,2,3,4)/b13-7-;. The molecule has 9 nitrogen and oxygen atoms in total. The number of hydrogen-bond acceptors (Lipinski definition) is 5. The maximum atomic E-state index is 8.36. The van der Waals surface area contributed by atoms with Crippen LogP contribution in [0, 0.1) is 10.1 Å². The number of nitrogens with two attached hydrogens (primary N) is 2. The first-order valence-electron chi connectivity index (χ1n) is 4.97. The maximum Gasteiger partial charge on any atom is 0.291 e. The fourth-order valence-electron chi connectivity index (χ4n) is 1.02. The van der Waals surface area contributed by atoms with Gasteiger partial charge in [0.05, 0.1) is 12.8 Å². The van der Waals surface area contributed by atoms with Gasteiger partial charge in [-0.1, -0.05) is 0 Å². The van der Waals surface area contributed by atoms with Crippen LogP contribution in [0.3, 0.4) is 0 Å². The topological polar surface area (TPSA) is 149 Å². The molecule has 0 heterocycles. The highest BCUT2D eigenvalue weighted by Gasteiger charge is 1.97. The first kappa shape index (κ1) is 16.2. The minimum absolute atomic E-state index is 0.0529. The first-order valence-corrected chi connectivity index (χ1v) is 4.97. The lowest BCUT2D eigenvalue weighted by Crippen LogP contribution is -2.22. The van der Waals surface area contributed by atoms with Crippen molar-refractivity contribution in [3.63, 3.8) is 0 Å². The molecule has 0 fully saturated rings. The Bertz CT molecular complexity index is 461. The summed E-state index contributed by atoms with van der Waals surface area (Å²) in [5.41, 5.74) is 12.0. The molecule has 0 spiro atoms. The molecule has 0 aliphatic heterocycles. The van der Waals surface area contributed by atoms with E-state index in [2.05, 4.69) is 10.2 Å². The summed E-state index contributed by atoms with van der Waals surface area (Å²) in [4.78, 5) is 8.36. The van der Waals surface area contributed by atoms with Crippen LogP contribution in [0.1, 0.15) is 12.5 Å². The SMILES string of the molecule is COc1ccc(/C(C)=N\N=C(N)N)cc1.O=[N+]([O-])O. The summed E-state index contributed by atoms with van der Waals surface area (Å²) in [6, 6.07) is 7.48. The molecular weight excluding hydrogens is 254 g/mol. The van der Waals surface area contributed by atoms with Gasteiger partial charge in [-0.15, -0.1) is 15.2 Å². The number of benzene rings is 1. The Morgan fingerprint density at radius 3 is 2.16 bits per heavy atom. The molecule has 1 aromatic carbocycles. The summed E-state index contributed by atoms with van der Waals surface area (Å²) in [5.74, 6) is 0.747. The predicted molar refractivity (Wildman–Crippen MR) is 69.8 cm³/mol. The third-order valence-electron chi connectivity index (χ3n) is 1.82. The van der Waals surface area contributed by atoms with Crippen LogP contribution in [-0.4, -0.2) is 29.1 Å². The normalized spacial score (nSPS) is 9.89. The van der Waals surface area contributed by atoms with Crippen molar-refractivity contribution >= 4 is 11.7 Å². The van der Waals surface area contributed by atoms with Gasteiger partial charge >= 0.3 is 0 Å². The highest BCUT2D eigenvalue weighted by atomic mass is 16.9. The highest BCUT2D eigenvalue weighted by Crippen LogP contribution is 2.11. The molecule has 1 aromatic rings. The average Bonchev–Trinajstić information content (AvgIpc) is 2.35. The van der Waals surface area contributed by atoms with Crippen molar-refractivity contribution in [2.24, 2.45) is 21.7 Å². The second-order valence-corrected chi connectivity index (χ2v) is 3.18. The van der Waals surface area contributed by atoms with Crippen LogP contribution in [0.2, 0.25) is 0 Å². The number of ether oxygens (including phenoxy) is 1. The fraction of sp³-hybridized carbons (Fsp3) is 0.200. The molecular formula is C10H15N5O4. The van der Waals surface area contributed by atoms with Gasteiger partial charge in [0.25, 0.3) is 5.09 Å². The maximum absolute atomic E-state index is 8.36. The van der Waals surface area contributed by atoms with Crippen LogP contribution in [0.5, 0.6) is 5.75 Å². The van der Waals surface area contributed by atoms with Crippen LogP contribution < -0.4 is 16.2 Å². The molecule has 0 aliphatic rings. The van der Waals surface area contributed by atoms with Gasteiger partial charge in [0.2, 0.25) is 5.96 Å². The molecule has 104 valence electrons. The molecule has 5 N–H and O–H groups in total. The van der Waals surface area contributed by atoms with E-state index >= 15 is 0 Å². The molecule has 9 heteroatoms. The Labute approximate surface area is 109 Å². The van der Waals surface area contributed by atoms with Crippen molar-refractivity contribution in [3.05, 3.63) is 39.9 Å². The molecule has 0 aliphatic carbocycles. The van der Waals surface area contributed by atoms with Gasteiger partial charge in [-0.25, -0.2) is 0 Å². The summed E-state index contributed by atoms with van der Waals surface area (Å²) in [5, 5.41) is 21.1. The minimum Gasteiger partial charge on any atom is -0.497 e. The van der Waals surface area contributed by atoms with E-state index in [0.29, 0.717) is 0 Å². The van der Waals surface area contributed by atoms with E-state index < -0.39 is 5.09 Å². The molecule has 0 radical (unpaired) electrons. The average molecular weight is 269 g/mol. The zero-order valence-electron chi connectivity index (χ0n) is 10.5. The number of rotatable bonds is 3. The van der Waals surface area contributed by atoms with Crippen LogP contribution in [0.15, 0.2) is 34.5 Å². The molecule has 0 amide bonds. The smallest absolute Gasteiger partial charge is 0.291 e. The van der Waals surface area contributed by atoms with Crippen molar-refractivity contribution in [2.75, 3.05) is 7.11 Å². The first-order chi connectivity index (χ1) is 8.86. The Kier molecular flexibility index (Phi) is 7.04.